The quantitative estimate of drug-likeness (QED) is 0.317. The van der Waals surface area contributed by atoms with Crippen LogP contribution in [0.2, 0.25) is 5.02 Å². The number of para-hydroxylation sites is 1. The predicted octanol–water partition coefficient (Wildman–Crippen LogP) is 4.79. The number of nitro groups is 1. The number of amides is 2. The first kappa shape index (κ1) is 22.0. The molecule has 0 atom stereocenters. The van der Waals surface area contributed by atoms with E-state index in [4.69, 9.17) is 16.3 Å². The maximum atomic E-state index is 14.5. The van der Waals surface area contributed by atoms with E-state index in [2.05, 4.69) is 5.32 Å². The molecule has 166 valence electrons. The van der Waals surface area contributed by atoms with Crippen LogP contribution < -0.4 is 15.0 Å². The molecule has 3 aromatic carbocycles. The zero-order valence-electron chi connectivity index (χ0n) is 17.0. The van der Waals surface area contributed by atoms with Crippen LogP contribution in [0.4, 0.5) is 21.5 Å². The molecule has 3 aromatic rings. The lowest BCUT2D eigenvalue weighted by atomic mass is 10.0. The second kappa shape index (κ2) is 8.71. The van der Waals surface area contributed by atoms with Crippen molar-refractivity contribution < 1.29 is 23.6 Å². The van der Waals surface area contributed by atoms with E-state index >= 15 is 0 Å². The Hall–Kier alpha value is -4.24. The van der Waals surface area contributed by atoms with Gasteiger partial charge in [-0.1, -0.05) is 23.7 Å². The molecule has 1 heterocycles. The zero-order valence-corrected chi connectivity index (χ0v) is 17.8. The lowest BCUT2D eigenvalue weighted by molar-refractivity contribution is -0.384. The van der Waals surface area contributed by atoms with Gasteiger partial charge in [-0.15, -0.1) is 0 Å². The van der Waals surface area contributed by atoms with Gasteiger partial charge in [-0.3, -0.25) is 19.7 Å². The molecule has 10 heteroatoms. The molecular weight excluding hydrogens is 453 g/mol. The largest absolute Gasteiger partial charge is 0.495 e. The Morgan fingerprint density at radius 3 is 2.33 bits per heavy atom. The molecule has 1 N–H and O–H groups in total. The molecule has 0 saturated heterocycles. The van der Waals surface area contributed by atoms with E-state index in [9.17, 15) is 24.1 Å². The van der Waals surface area contributed by atoms with Gasteiger partial charge in [0.25, 0.3) is 17.5 Å². The molecule has 1 aliphatic rings. The summed E-state index contributed by atoms with van der Waals surface area (Å²) in [6.45, 7) is 0. The number of halogens is 2. The minimum atomic E-state index is -0.787. The second-order valence-corrected chi connectivity index (χ2v) is 7.33. The van der Waals surface area contributed by atoms with Crippen molar-refractivity contribution in [2.24, 2.45) is 0 Å². The molecule has 0 saturated carbocycles. The van der Waals surface area contributed by atoms with Crippen molar-refractivity contribution in [3.8, 4) is 5.75 Å². The number of nitrogens with one attached hydrogen (secondary N) is 1. The van der Waals surface area contributed by atoms with Gasteiger partial charge in [0.2, 0.25) is 0 Å². The second-order valence-electron chi connectivity index (χ2n) is 6.93. The van der Waals surface area contributed by atoms with Crippen LogP contribution in [-0.4, -0.2) is 23.8 Å². The maximum absolute atomic E-state index is 14.5. The van der Waals surface area contributed by atoms with Crippen LogP contribution >= 0.6 is 11.6 Å². The Balaban J connectivity index is 1.83. The van der Waals surface area contributed by atoms with Crippen LogP contribution in [0.5, 0.6) is 5.75 Å². The van der Waals surface area contributed by atoms with Gasteiger partial charge in [-0.2, -0.15) is 0 Å². The number of ether oxygens (including phenoxy) is 1. The van der Waals surface area contributed by atoms with Crippen LogP contribution in [-0.2, 0) is 9.59 Å². The van der Waals surface area contributed by atoms with E-state index in [0.29, 0.717) is 11.4 Å². The molecule has 0 unspecified atom stereocenters. The third kappa shape index (κ3) is 4.01. The number of nitro benzene ring substituents is 1. The van der Waals surface area contributed by atoms with Gasteiger partial charge < -0.3 is 10.1 Å². The van der Waals surface area contributed by atoms with E-state index in [-0.39, 0.29) is 33.2 Å². The number of hydrogen-bond acceptors (Lipinski definition) is 6. The van der Waals surface area contributed by atoms with Crippen molar-refractivity contribution in [2.75, 3.05) is 17.3 Å². The highest BCUT2D eigenvalue weighted by Crippen LogP contribution is 2.36. The van der Waals surface area contributed by atoms with E-state index in [0.717, 1.165) is 11.0 Å². The molecule has 33 heavy (non-hydrogen) atoms. The van der Waals surface area contributed by atoms with E-state index in [1.54, 1.807) is 12.1 Å². The molecule has 8 nitrogen and oxygen atoms in total. The topological polar surface area (TPSA) is 102 Å². The fraction of sp³-hybridized carbons (Fsp3) is 0.0435. The molecule has 0 fully saturated rings. The summed E-state index contributed by atoms with van der Waals surface area (Å²) in [5, 5.41) is 14.2. The highest BCUT2D eigenvalue weighted by Gasteiger charge is 2.41. The Morgan fingerprint density at radius 1 is 1.03 bits per heavy atom. The van der Waals surface area contributed by atoms with Crippen LogP contribution in [0.1, 0.15) is 5.56 Å². The number of methoxy groups -OCH3 is 1. The van der Waals surface area contributed by atoms with E-state index in [1.807, 2.05) is 0 Å². The molecule has 0 radical (unpaired) electrons. The van der Waals surface area contributed by atoms with Crippen LogP contribution in [0, 0.1) is 15.9 Å². The Morgan fingerprint density at radius 2 is 1.73 bits per heavy atom. The Labute approximate surface area is 192 Å². The summed E-state index contributed by atoms with van der Waals surface area (Å²) in [6.07, 6.45) is 0. The number of non-ortho nitro benzene ring substituents is 1. The van der Waals surface area contributed by atoms with Gasteiger partial charge in [0.15, 0.2) is 0 Å². The maximum Gasteiger partial charge on any atom is 0.282 e. The van der Waals surface area contributed by atoms with E-state index in [1.165, 1.54) is 55.6 Å². The first-order valence-corrected chi connectivity index (χ1v) is 9.92. The van der Waals surface area contributed by atoms with Crippen LogP contribution in [0.25, 0.3) is 5.57 Å². The summed E-state index contributed by atoms with van der Waals surface area (Å²) in [5.74, 6) is -1.91. The Bertz CT molecular complexity index is 1320. The van der Waals surface area contributed by atoms with Gasteiger partial charge in [0.1, 0.15) is 17.3 Å². The molecule has 0 spiro atoms. The van der Waals surface area contributed by atoms with Crippen molar-refractivity contribution in [1.29, 1.82) is 0 Å². The first-order valence-electron chi connectivity index (χ1n) is 9.54. The summed E-state index contributed by atoms with van der Waals surface area (Å²) in [6, 6.07) is 15.2. The minimum Gasteiger partial charge on any atom is -0.495 e. The third-order valence-corrected chi connectivity index (χ3v) is 5.26. The Kier molecular flexibility index (Phi) is 5.80. The van der Waals surface area contributed by atoms with Gasteiger partial charge in [-0.05, 0) is 48.0 Å². The fourth-order valence-electron chi connectivity index (χ4n) is 3.40. The standard InChI is InChI=1S/C23H15ClFN3O5/c1-33-19-11-8-14(12-16(19)24)26-21-20(13-6-9-15(10-7-13)28(31)32)22(29)27(23(21)30)18-5-3-2-4-17(18)25/h2-12,26H,1H3. The lowest BCUT2D eigenvalue weighted by Crippen LogP contribution is -2.33. The number of imide groups is 1. The lowest BCUT2D eigenvalue weighted by Gasteiger charge is -2.16. The predicted molar refractivity (Wildman–Crippen MR) is 121 cm³/mol. The number of carbonyl (C=O) groups excluding carboxylic acids is 2. The monoisotopic (exact) mass is 467 g/mol. The van der Waals surface area contributed by atoms with Crippen molar-refractivity contribution in [2.45, 2.75) is 0 Å². The number of nitrogens with zero attached hydrogens (tertiary/aromatic N) is 2. The summed E-state index contributed by atoms with van der Waals surface area (Å²) >= 11 is 6.17. The normalized spacial score (nSPS) is 13.5. The van der Waals surface area contributed by atoms with Crippen LogP contribution in [0.15, 0.2) is 72.4 Å². The van der Waals surface area contributed by atoms with Crippen LogP contribution in [0.3, 0.4) is 0 Å². The zero-order chi connectivity index (χ0) is 23.7. The van der Waals surface area contributed by atoms with Gasteiger partial charge in [-0.25, -0.2) is 9.29 Å². The summed E-state index contributed by atoms with van der Waals surface area (Å²) in [7, 11) is 1.45. The number of rotatable bonds is 6. The van der Waals surface area contributed by atoms with Crippen molar-refractivity contribution in [3.63, 3.8) is 0 Å². The summed E-state index contributed by atoms with van der Waals surface area (Å²) in [4.78, 5) is 37.8. The van der Waals surface area contributed by atoms with Gasteiger partial charge >= 0.3 is 0 Å². The highest BCUT2D eigenvalue weighted by molar-refractivity contribution is 6.46. The van der Waals surface area contributed by atoms with E-state index < -0.39 is 22.6 Å². The van der Waals surface area contributed by atoms with Crippen molar-refractivity contribution >= 4 is 46.1 Å². The SMILES string of the molecule is COc1ccc(NC2=C(c3ccc([N+](=O)[O-])cc3)C(=O)N(c3ccccc3F)C2=O)cc1Cl. The average Bonchev–Trinajstić information content (AvgIpc) is 3.03. The number of benzene rings is 3. The highest BCUT2D eigenvalue weighted by atomic mass is 35.5. The molecule has 0 aliphatic carbocycles. The molecule has 0 aromatic heterocycles. The van der Waals surface area contributed by atoms with Crippen molar-refractivity contribution in [3.05, 3.63) is 98.9 Å². The number of hydrogen-bond donors (Lipinski definition) is 1. The molecule has 2 amide bonds. The fourth-order valence-corrected chi connectivity index (χ4v) is 3.66. The first-order chi connectivity index (χ1) is 15.8. The molecular formula is C23H15ClFN3O5. The minimum absolute atomic E-state index is 0.0647. The third-order valence-electron chi connectivity index (χ3n) is 4.97. The number of carbonyl (C=O) groups is 2. The molecule has 4 rings (SSSR count). The van der Waals surface area contributed by atoms with Gasteiger partial charge in [0, 0.05) is 17.8 Å². The smallest absolute Gasteiger partial charge is 0.282 e. The molecule has 0 bridgehead atoms. The number of anilines is 2. The summed E-state index contributed by atoms with van der Waals surface area (Å²) in [5.41, 5.74) is 0.0464. The van der Waals surface area contributed by atoms with Gasteiger partial charge in [0.05, 0.1) is 28.3 Å². The van der Waals surface area contributed by atoms with Crippen molar-refractivity contribution in [1.82, 2.24) is 0 Å². The average molecular weight is 468 g/mol. The summed E-state index contributed by atoms with van der Waals surface area (Å²) < 4.78 is 19.6. The molecule has 1 aliphatic heterocycles.